The van der Waals surface area contributed by atoms with Crippen LogP contribution < -0.4 is 0 Å². The van der Waals surface area contributed by atoms with Crippen LogP contribution in [-0.4, -0.2) is 26.3 Å². The quantitative estimate of drug-likeness (QED) is 0.506. The summed E-state index contributed by atoms with van der Waals surface area (Å²) in [6, 6.07) is 0. The molecule has 0 saturated carbocycles. The van der Waals surface area contributed by atoms with Crippen molar-refractivity contribution in [1.82, 2.24) is 0 Å². The van der Waals surface area contributed by atoms with Gasteiger partial charge in [0.25, 0.3) is 0 Å². The average molecular weight is 210 g/mol. The van der Waals surface area contributed by atoms with Crippen LogP contribution in [0.1, 0.15) is 0 Å². The van der Waals surface area contributed by atoms with Gasteiger partial charge in [0.2, 0.25) is 0 Å². The zero-order valence-corrected chi connectivity index (χ0v) is 6.55. The van der Waals surface area contributed by atoms with Crippen molar-refractivity contribution >= 4 is 26.3 Å². The second-order valence-corrected chi connectivity index (χ2v) is 7.00. The molecule has 0 spiro atoms. The van der Waals surface area contributed by atoms with Gasteiger partial charge in [-0.25, -0.2) is 0 Å². The number of hydrogen-bond donors (Lipinski definition) is 0. The van der Waals surface area contributed by atoms with Crippen LogP contribution in [0.15, 0.2) is 22.1 Å². The molecule has 0 radical (unpaired) electrons. The summed E-state index contributed by atoms with van der Waals surface area (Å²) in [4.78, 5) is 4.54. The first kappa shape index (κ1) is 4.67. The first-order valence-corrected chi connectivity index (χ1v) is 7.95. The van der Waals surface area contributed by atoms with Crippen LogP contribution in [-0.2, 0) is 0 Å². The summed E-state index contributed by atoms with van der Waals surface area (Å²) < 4.78 is 0. The standard InChI is InChI=1S/C4H4Se2/c1-2-4-6-5-3-1/h1-4H. The van der Waals surface area contributed by atoms with Crippen LogP contribution in [0.5, 0.6) is 0 Å². The van der Waals surface area contributed by atoms with E-state index in [4.69, 9.17) is 0 Å². The first-order chi connectivity index (χ1) is 3.00. The predicted molar refractivity (Wildman–Crippen MR) is 29.8 cm³/mol. The summed E-state index contributed by atoms with van der Waals surface area (Å²) in [5.74, 6) is 0. The molecule has 0 aromatic carbocycles. The maximum atomic E-state index is 2.27. The van der Waals surface area contributed by atoms with Crippen LogP contribution >= 0.6 is 0 Å². The summed E-state index contributed by atoms with van der Waals surface area (Å²) in [6.07, 6.45) is 4.26. The molecule has 0 saturated heterocycles. The monoisotopic (exact) mass is 212 g/mol. The van der Waals surface area contributed by atoms with Crippen LogP contribution in [0.3, 0.4) is 0 Å². The molecule has 1 aliphatic heterocycles. The minimum atomic E-state index is 0.849. The predicted octanol–water partition coefficient (Wildman–Crippen LogP) is 0.351. The molecular formula is C4H4Se2. The van der Waals surface area contributed by atoms with Gasteiger partial charge in [-0.15, -0.1) is 0 Å². The molecule has 1 aliphatic rings. The summed E-state index contributed by atoms with van der Waals surface area (Å²) in [5, 5.41) is 0. The SMILES string of the molecule is C1=C[Se][Se]C=C1. The molecule has 0 aromatic heterocycles. The zero-order valence-electron chi connectivity index (χ0n) is 3.13. The van der Waals surface area contributed by atoms with Crippen molar-refractivity contribution < 1.29 is 0 Å². The fourth-order valence-electron chi connectivity index (χ4n) is 0.219. The van der Waals surface area contributed by atoms with Gasteiger partial charge in [0.15, 0.2) is 0 Å². The molecule has 0 fully saturated rings. The Balaban J connectivity index is 2.46. The van der Waals surface area contributed by atoms with Crippen molar-refractivity contribution in [2.24, 2.45) is 0 Å². The summed E-state index contributed by atoms with van der Waals surface area (Å²) in [7, 11) is 0. The summed E-state index contributed by atoms with van der Waals surface area (Å²) in [5.41, 5.74) is 0. The Morgan fingerprint density at radius 1 is 0.833 bits per heavy atom. The minimum absolute atomic E-state index is 0.849. The fraction of sp³-hybridized carbons (Fsp3) is 0. The molecule has 0 bridgehead atoms. The molecule has 1 heterocycles. The molecule has 0 unspecified atom stereocenters. The summed E-state index contributed by atoms with van der Waals surface area (Å²) in [6.45, 7) is 0. The number of hydrogen-bond acceptors (Lipinski definition) is 0. The Kier molecular flexibility index (Phi) is 2.07. The number of rotatable bonds is 0. The molecule has 0 aromatic rings. The van der Waals surface area contributed by atoms with Gasteiger partial charge in [-0.05, 0) is 0 Å². The van der Waals surface area contributed by atoms with Crippen molar-refractivity contribution in [1.29, 1.82) is 0 Å². The van der Waals surface area contributed by atoms with Crippen molar-refractivity contribution in [3.05, 3.63) is 22.1 Å². The van der Waals surface area contributed by atoms with Crippen LogP contribution in [0.25, 0.3) is 0 Å². The van der Waals surface area contributed by atoms with Gasteiger partial charge in [-0.3, -0.25) is 0 Å². The number of allylic oxidation sites excluding steroid dienone is 2. The van der Waals surface area contributed by atoms with Crippen LogP contribution in [0.2, 0.25) is 0 Å². The van der Waals surface area contributed by atoms with Gasteiger partial charge in [0.05, 0.1) is 0 Å². The average Bonchev–Trinajstić information content (AvgIpc) is 1.72. The maximum absolute atomic E-state index is 2.27. The molecule has 6 heavy (non-hydrogen) atoms. The van der Waals surface area contributed by atoms with E-state index in [1.54, 1.807) is 0 Å². The van der Waals surface area contributed by atoms with Crippen molar-refractivity contribution in [2.75, 3.05) is 0 Å². The van der Waals surface area contributed by atoms with E-state index in [1.165, 1.54) is 0 Å². The van der Waals surface area contributed by atoms with Gasteiger partial charge in [-0.2, -0.15) is 0 Å². The molecular weight excluding hydrogens is 206 g/mol. The van der Waals surface area contributed by atoms with Gasteiger partial charge >= 0.3 is 48.4 Å². The van der Waals surface area contributed by atoms with E-state index in [9.17, 15) is 0 Å². The van der Waals surface area contributed by atoms with E-state index in [0.717, 1.165) is 26.3 Å². The zero-order chi connectivity index (χ0) is 4.24. The topological polar surface area (TPSA) is 0 Å². The Morgan fingerprint density at radius 3 is 1.50 bits per heavy atom. The molecule has 2 heteroatoms. The molecule has 0 aliphatic carbocycles. The molecule has 0 amide bonds. The Hall–Kier alpha value is 0.519. The molecule has 32 valence electrons. The Morgan fingerprint density at radius 2 is 1.33 bits per heavy atom. The van der Waals surface area contributed by atoms with E-state index >= 15 is 0 Å². The third-order valence-electron chi connectivity index (χ3n) is 0.435. The van der Waals surface area contributed by atoms with Crippen molar-refractivity contribution in [2.45, 2.75) is 0 Å². The van der Waals surface area contributed by atoms with E-state index in [2.05, 4.69) is 22.1 Å². The second-order valence-electron chi connectivity index (χ2n) is 0.850. The van der Waals surface area contributed by atoms with Crippen LogP contribution in [0, 0.1) is 0 Å². The van der Waals surface area contributed by atoms with Crippen LogP contribution in [0.4, 0.5) is 0 Å². The third kappa shape index (κ3) is 1.32. The Bertz CT molecular complexity index is 71.5. The van der Waals surface area contributed by atoms with Gasteiger partial charge in [0, 0.05) is 0 Å². The van der Waals surface area contributed by atoms with E-state index in [0.29, 0.717) is 0 Å². The second kappa shape index (κ2) is 2.65. The van der Waals surface area contributed by atoms with Gasteiger partial charge < -0.3 is 0 Å². The fourth-order valence-corrected chi connectivity index (χ4v) is 3.94. The van der Waals surface area contributed by atoms with Crippen molar-refractivity contribution in [3.63, 3.8) is 0 Å². The van der Waals surface area contributed by atoms with E-state index < -0.39 is 0 Å². The summed E-state index contributed by atoms with van der Waals surface area (Å²) >= 11 is 1.70. The molecule has 1 rings (SSSR count). The van der Waals surface area contributed by atoms with Crippen molar-refractivity contribution in [3.8, 4) is 0 Å². The Labute approximate surface area is 48.6 Å². The molecule has 0 nitrogen and oxygen atoms in total. The van der Waals surface area contributed by atoms with E-state index in [-0.39, 0.29) is 0 Å². The molecule has 0 N–H and O–H groups in total. The molecule has 0 atom stereocenters. The van der Waals surface area contributed by atoms with Gasteiger partial charge in [-0.1, -0.05) is 0 Å². The normalized spacial score (nSPS) is 18.7. The van der Waals surface area contributed by atoms with E-state index in [1.807, 2.05) is 0 Å². The first-order valence-electron chi connectivity index (χ1n) is 1.64. The third-order valence-corrected chi connectivity index (χ3v) is 5.43. The van der Waals surface area contributed by atoms with Gasteiger partial charge in [0.1, 0.15) is 0 Å².